The Hall–Kier alpha value is -4.97. The number of unbranched alkanes of at least 4 members (excludes halogenated alkanes) is 1. The molecule has 7 rings (SSSR count). The number of benzene rings is 2. The maximum atomic E-state index is 14.5. The molecule has 1 unspecified atom stereocenters. The topological polar surface area (TPSA) is 112 Å². The molecule has 2 aliphatic carbocycles. The molecule has 4 aromatic rings. The Kier molecular flexibility index (Phi) is 8.32. The smallest absolute Gasteiger partial charge is 0.370 e. The molecule has 0 saturated heterocycles. The first-order valence-corrected chi connectivity index (χ1v) is 16.2. The standard InChI is InChI=1S/C35H32F6N8O/c1-48-19-45-47-31(48)23-5-4-22(34(36,37)38)16-24(23)21-14-29(43-11-3-2-10-42)46-30(15-21)49-18-26-25(32(49)50)12-20(13-27(26)35(39,40)41)17-44-28-6-7-33(28)8-9-33/h4-5,12-16,19,28,44H,2-3,6-9,11,17-18H2,1H3,(H,43,46). The van der Waals surface area contributed by atoms with E-state index in [2.05, 4.69) is 25.8 Å². The predicted octanol–water partition coefficient (Wildman–Crippen LogP) is 7.49. The van der Waals surface area contributed by atoms with Gasteiger partial charge in [0.1, 0.15) is 18.0 Å². The van der Waals surface area contributed by atoms with E-state index in [9.17, 15) is 31.1 Å². The summed E-state index contributed by atoms with van der Waals surface area (Å²) in [6, 6.07) is 10.9. The first-order chi connectivity index (χ1) is 23.8. The van der Waals surface area contributed by atoms with E-state index in [0.29, 0.717) is 17.5 Å². The number of pyridine rings is 1. The van der Waals surface area contributed by atoms with Crippen LogP contribution in [0, 0.1) is 16.7 Å². The average molecular weight is 695 g/mol. The van der Waals surface area contributed by atoms with Crippen molar-refractivity contribution in [1.29, 1.82) is 5.26 Å². The van der Waals surface area contributed by atoms with Gasteiger partial charge in [-0.3, -0.25) is 9.69 Å². The minimum absolute atomic E-state index is 0.0502. The molecule has 2 fully saturated rings. The van der Waals surface area contributed by atoms with E-state index < -0.39 is 35.9 Å². The van der Waals surface area contributed by atoms with E-state index in [-0.39, 0.29) is 70.7 Å². The Morgan fingerprint density at radius 2 is 1.80 bits per heavy atom. The molecule has 3 aliphatic rings. The van der Waals surface area contributed by atoms with Gasteiger partial charge in [-0.2, -0.15) is 31.6 Å². The van der Waals surface area contributed by atoms with Gasteiger partial charge in [0, 0.05) is 43.7 Å². The zero-order valence-electron chi connectivity index (χ0n) is 26.9. The zero-order valence-corrected chi connectivity index (χ0v) is 26.9. The lowest BCUT2D eigenvalue weighted by atomic mass is 9.76. The fourth-order valence-corrected chi connectivity index (χ4v) is 6.99. The molecule has 2 aromatic heterocycles. The normalized spacial score (nSPS) is 17.8. The van der Waals surface area contributed by atoms with Gasteiger partial charge in [0.05, 0.1) is 23.7 Å². The molecular weight excluding hydrogens is 662 g/mol. The first-order valence-electron chi connectivity index (χ1n) is 16.2. The Morgan fingerprint density at radius 3 is 2.44 bits per heavy atom. The van der Waals surface area contributed by atoms with Crippen LogP contribution in [-0.2, 0) is 32.5 Å². The van der Waals surface area contributed by atoms with Crippen LogP contribution in [-0.4, -0.2) is 38.2 Å². The molecule has 260 valence electrons. The second kappa shape index (κ2) is 12.4. The lowest BCUT2D eigenvalue weighted by Crippen LogP contribution is -2.45. The van der Waals surface area contributed by atoms with E-state index in [1.165, 1.54) is 35.2 Å². The molecule has 1 aliphatic heterocycles. The van der Waals surface area contributed by atoms with Gasteiger partial charge >= 0.3 is 12.4 Å². The van der Waals surface area contributed by atoms with Crippen LogP contribution in [0.3, 0.4) is 0 Å². The number of fused-ring (bicyclic) bond motifs is 1. The summed E-state index contributed by atoms with van der Waals surface area (Å²) >= 11 is 0. The number of nitriles is 1. The minimum Gasteiger partial charge on any atom is -0.370 e. The van der Waals surface area contributed by atoms with Gasteiger partial charge in [-0.15, -0.1) is 10.2 Å². The number of rotatable bonds is 10. The summed E-state index contributed by atoms with van der Waals surface area (Å²) < 4.78 is 86.9. The van der Waals surface area contributed by atoms with Crippen LogP contribution in [0.4, 0.5) is 38.0 Å². The highest BCUT2D eigenvalue weighted by atomic mass is 19.4. The van der Waals surface area contributed by atoms with Gasteiger partial charge in [0.15, 0.2) is 5.82 Å². The second-order valence-electron chi connectivity index (χ2n) is 13.2. The minimum atomic E-state index is -4.74. The number of amides is 1. The summed E-state index contributed by atoms with van der Waals surface area (Å²) in [6.45, 7) is 0.0136. The fourth-order valence-electron chi connectivity index (χ4n) is 6.99. The third-order valence-electron chi connectivity index (χ3n) is 9.99. The van der Waals surface area contributed by atoms with Gasteiger partial charge in [0.2, 0.25) is 0 Å². The van der Waals surface area contributed by atoms with Crippen LogP contribution in [0.2, 0.25) is 0 Å². The largest absolute Gasteiger partial charge is 0.416 e. The molecule has 50 heavy (non-hydrogen) atoms. The maximum absolute atomic E-state index is 14.5. The predicted molar refractivity (Wildman–Crippen MR) is 171 cm³/mol. The number of nitrogens with zero attached hydrogens (tertiary/aromatic N) is 6. The van der Waals surface area contributed by atoms with Crippen LogP contribution in [0.25, 0.3) is 22.5 Å². The number of aromatic nitrogens is 4. The maximum Gasteiger partial charge on any atom is 0.416 e. The molecule has 1 atom stereocenters. The van der Waals surface area contributed by atoms with E-state index >= 15 is 0 Å². The monoisotopic (exact) mass is 694 g/mol. The van der Waals surface area contributed by atoms with Crippen LogP contribution in [0.1, 0.15) is 71.1 Å². The Morgan fingerprint density at radius 1 is 1.00 bits per heavy atom. The van der Waals surface area contributed by atoms with Gasteiger partial charge < -0.3 is 15.2 Å². The molecule has 1 spiro atoms. The zero-order chi connectivity index (χ0) is 35.4. The van der Waals surface area contributed by atoms with Crippen molar-refractivity contribution in [2.24, 2.45) is 12.5 Å². The summed E-state index contributed by atoms with van der Waals surface area (Å²) in [5, 5.41) is 23.3. The molecule has 2 N–H and O–H groups in total. The summed E-state index contributed by atoms with van der Waals surface area (Å²) in [6.07, 6.45) is -3.09. The molecule has 9 nitrogen and oxygen atoms in total. The molecule has 2 aromatic carbocycles. The van der Waals surface area contributed by atoms with Crippen LogP contribution in [0.15, 0.2) is 48.8 Å². The van der Waals surface area contributed by atoms with Gasteiger partial charge in [-0.05, 0) is 102 Å². The van der Waals surface area contributed by atoms with Crippen molar-refractivity contribution in [3.05, 3.63) is 76.6 Å². The number of carbonyl (C=O) groups is 1. The lowest BCUT2D eigenvalue weighted by molar-refractivity contribution is -0.138. The van der Waals surface area contributed by atoms with Crippen molar-refractivity contribution in [2.75, 3.05) is 16.8 Å². The highest BCUT2D eigenvalue weighted by Crippen LogP contribution is 2.60. The Labute approximate surface area is 283 Å². The second-order valence-corrected chi connectivity index (χ2v) is 13.2. The van der Waals surface area contributed by atoms with Gasteiger partial charge in [-0.1, -0.05) is 0 Å². The first kappa shape index (κ1) is 33.5. The van der Waals surface area contributed by atoms with E-state index in [4.69, 9.17) is 5.26 Å². The summed E-state index contributed by atoms with van der Waals surface area (Å²) in [4.78, 5) is 19.6. The summed E-state index contributed by atoms with van der Waals surface area (Å²) in [5.41, 5.74) is -0.922. The van der Waals surface area contributed by atoms with E-state index in [0.717, 1.165) is 48.8 Å². The number of hydrogen-bond donors (Lipinski definition) is 2. The summed E-state index contributed by atoms with van der Waals surface area (Å²) in [7, 11) is 1.63. The molecule has 0 bridgehead atoms. The third kappa shape index (κ3) is 6.28. The highest BCUT2D eigenvalue weighted by molar-refractivity contribution is 6.10. The van der Waals surface area contributed by atoms with E-state index in [1.54, 1.807) is 7.05 Å². The van der Waals surface area contributed by atoms with Crippen molar-refractivity contribution in [3.8, 4) is 28.6 Å². The SMILES string of the molecule is Cn1cnnc1-c1ccc(C(F)(F)F)cc1-c1cc(NCCCC#N)nc(N2Cc3c(cc(CNC4CCC45CC5)cc3C(F)(F)F)C2=O)c1. The molecule has 0 radical (unpaired) electrons. The average Bonchev–Trinajstić information content (AvgIpc) is 3.70. The van der Waals surface area contributed by atoms with Crippen LogP contribution < -0.4 is 15.5 Å². The number of carbonyl (C=O) groups excluding carboxylic acids is 1. The molecule has 3 heterocycles. The quantitative estimate of drug-likeness (QED) is 0.131. The number of hydrogen-bond acceptors (Lipinski definition) is 7. The van der Waals surface area contributed by atoms with Gasteiger partial charge in [-0.25, -0.2) is 4.98 Å². The third-order valence-corrected chi connectivity index (χ3v) is 9.99. The summed E-state index contributed by atoms with van der Waals surface area (Å²) in [5.74, 6) is -0.320. The fraction of sp³-hybridized carbons (Fsp3) is 0.400. The van der Waals surface area contributed by atoms with Crippen molar-refractivity contribution < 1.29 is 31.1 Å². The number of halogens is 6. The molecule has 1 amide bonds. The molecule has 2 saturated carbocycles. The van der Waals surface area contributed by atoms with E-state index in [1.807, 2.05) is 6.07 Å². The number of alkyl halides is 6. The molecular formula is C35H32F6N8O. The van der Waals surface area contributed by atoms with Crippen molar-refractivity contribution >= 4 is 17.5 Å². The van der Waals surface area contributed by atoms with Crippen LogP contribution >= 0.6 is 0 Å². The Balaban J connectivity index is 1.30. The highest BCUT2D eigenvalue weighted by Gasteiger charge is 2.55. The Bertz CT molecular complexity index is 2010. The van der Waals surface area contributed by atoms with Crippen molar-refractivity contribution in [2.45, 2.75) is 70.0 Å². The number of nitrogens with one attached hydrogen (secondary N) is 2. The number of aryl methyl sites for hydroxylation is 1. The molecule has 15 heteroatoms. The lowest BCUT2D eigenvalue weighted by Gasteiger charge is -2.38. The number of anilines is 2. The van der Waals surface area contributed by atoms with Crippen LogP contribution in [0.5, 0.6) is 0 Å². The van der Waals surface area contributed by atoms with Crippen molar-refractivity contribution in [1.82, 2.24) is 25.1 Å². The van der Waals surface area contributed by atoms with Gasteiger partial charge in [0.25, 0.3) is 5.91 Å². The van der Waals surface area contributed by atoms with Crippen molar-refractivity contribution in [3.63, 3.8) is 0 Å².